The summed E-state index contributed by atoms with van der Waals surface area (Å²) < 4.78 is 0. The molecule has 2 rings (SSSR count). The van der Waals surface area contributed by atoms with Crippen LogP contribution in [-0.2, 0) is 9.59 Å². The predicted octanol–water partition coefficient (Wildman–Crippen LogP) is 3.64. The van der Waals surface area contributed by atoms with Crippen LogP contribution in [0.25, 0.3) is 0 Å². The van der Waals surface area contributed by atoms with E-state index in [4.69, 9.17) is 0 Å². The zero-order valence-electron chi connectivity index (χ0n) is 15.8. The van der Waals surface area contributed by atoms with Crippen molar-refractivity contribution in [3.63, 3.8) is 0 Å². The van der Waals surface area contributed by atoms with Gasteiger partial charge in [0.15, 0.2) is 5.78 Å². The number of hydrogen-bond donors (Lipinski definition) is 2. The molecule has 0 unspecified atom stereocenters. The minimum absolute atomic E-state index is 0.117. The molecule has 0 saturated heterocycles. The van der Waals surface area contributed by atoms with Gasteiger partial charge in [0.25, 0.3) is 0 Å². The molecule has 0 aromatic heterocycles. The second-order valence-electron chi connectivity index (χ2n) is 7.07. The van der Waals surface area contributed by atoms with Gasteiger partial charge in [0.1, 0.15) is 6.04 Å². The lowest BCUT2D eigenvalue weighted by molar-refractivity contribution is -0.142. The van der Waals surface area contributed by atoms with Crippen LogP contribution in [0.4, 0.5) is 0 Å². The molecule has 5 heteroatoms. The Morgan fingerprint density at radius 2 is 1.56 bits per heavy atom. The number of carboxylic acid groups (broad SMARTS) is 1. The van der Waals surface area contributed by atoms with Gasteiger partial charge in [-0.05, 0) is 30.9 Å². The number of carboxylic acids is 1. The minimum atomic E-state index is -1.04. The van der Waals surface area contributed by atoms with Crippen LogP contribution >= 0.6 is 0 Å². The highest BCUT2D eigenvalue weighted by atomic mass is 16.4. The van der Waals surface area contributed by atoms with Crippen LogP contribution in [0.2, 0.25) is 0 Å². The molecule has 0 aliphatic rings. The topological polar surface area (TPSA) is 83.5 Å². The molecular weight excluding hydrogens is 342 g/mol. The molecule has 0 aliphatic carbocycles. The first-order valence-corrected chi connectivity index (χ1v) is 9.02. The molecule has 2 aromatic rings. The first-order valence-electron chi connectivity index (χ1n) is 9.02. The number of carbonyl (C=O) groups is 3. The second kappa shape index (κ2) is 9.12. The highest BCUT2D eigenvalue weighted by molar-refractivity contribution is 6.09. The molecule has 0 saturated carbocycles. The van der Waals surface area contributed by atoms with Gasteiger partial charge >= 0.3 is 5.97 Å². The predicted molar refractivity (Wildman–Crippen MR) is 104 cm³/mol. The molecule has 0 spiro atoms. The smallest absolute Gasteiger partial charge is 0.326 e. The van der Waals surface area contributed by atoms with E-state index >= 15 is 0 Å². The van der Waals surface area contributed by atoms with Crippen LogP contribution in [0.3, 0.4) is 0 Å². The van der Waals surface area contributed by atoms with Gasteiger partial charge in [-0.25, -0.2) is 4.79 Å². The van der Waals surface area contributed by atoms with Crippen LogP contribution in [0.15, 0.2) is 54.6 Å². The normalized spacial score (nSPS) is 13.0. The fourth-order valence-corrected chi connectivity index (χ4v) is 2.85. The number of benzene rings is 2. The molecule has 2 N–H and O–H groups in total. The maximum atomic E-state index is 12.6. The monoisotopic (exact) mass is 367 g/mol. The van der Waals surface area contributed by atoms with Crippen molar-refractivity contribution < 1.29 is 19.5 Å². The largest absolute Gasteiger partial charge is 0.480 e. The quantitative estimate of drug-likeness (QED) is 0.698. The summed E-state index contributed by atoms with van der Waals surface area (Å²) in [5.41, 5.74) is 1.74. The van der Waals surface area contributed by atoms with Crippen molar-refractivity contribution in [3.05, 3.63) is 71.3 Å². The Labute approximate surface area is 159 Å². The first-order chi connectivity index (χ1) is 12.8. The van der Waals surface area contributed by atoms with Gasteiger partial charge in [-0.15, -0.1) is 0 Å². The van der Waals surface area contributed by atoms with Crippen molar-refractivity contribution in [1.29, 1.82) is 0 Å². The van der Waals surface area contributed by atoms with Gasteiger partial charge in [0.2, 0.25) is 5.91 Å². The van der Waals surface area contributed by atoms with Gasteiger partial charge in [-0.2, -0.15) is 0 Å². The Hall–Kier alpha value is -2.95. The Bertz CT molecular complexity index is 814. The Balaban J connectivity index is 2.16. The van der Waals surface area contributed by atoms with E-state index in [1.807, 2.05) is 19.9 Å². The number of rotatable bonds is 8. The Morgan fingerprint density at radius 3 is 2.15 bits per heavy atom. The summed E-state index contributed by atoms with van der Waals surface area (Å²) in [6.45, 7) is 5.52. The molecule has 5 nitrogen and oxygen atoms in total. The first kappa shape index (κ1) is 20.4. The van der Waals surface area contributed by atoms with Crippen molar-refractivity contribution in [2.24, 2.45) is 5.92 Å². The highest BCUT2D eigenvalue weighted by Gasteiger charge is 2.25. The number of ketones is 1. The average molecular weight is 367 g/mol. The molecule has 2 atom stereocenters. The van der Waals surface area contributed by atoms with E-state index in [-0.39, 0.29) is 17.6 Å². The highest BCUT2D eigenvalue weighted by Crippen LogP contribution is 2.20. The van der Waals surface area contributed by atoms with E-state index in [0.29, 0.717) is 23.1 Å². The maximum Gasteiger partial charge on any atom is 0.326 e. The number of amides is 1. The van der Waals surface area contributed by atoms with Crippen molar-refractivity contribution in [2.75, 3.05) is 0 Å². The average Bonchev–Trinajstić information content (AvgIpc) is 2.66. The Kier molecular flexibility index (Phi) is 6.88. The van der Waals surface area contributed by atoms with E-state index in [2.05, 4.69) is 5.32 Å². The molecule has 142 valence electrons. The summed E-state index contributed by atoms with van der Waals surface area (Å²) in [6.07, 6.45) is 0.361. The van der Waals surface area contributed by atoms with Crippen molar-refractivity contribution in [3.8, 4) is 0 Å². The van der Waals surface area contributed by atoms with Crippen LogP contribution < -0.4 is 5.32 Å². The zero-order chi connectivity index (χ0) is 20.0. The summed E-state index contributed by atoms with van der Waals surface area (Å²) in [4.78, 5) is 36.5. The van der Waals surface area contributed by atoms with Crippen LogP contribution in [0, 0.1) is 5.92 Å². The Morgan fingerprint density at radius 1 is 0.926 bits per heavy atom. The number of aliphatic carboxylic acids is 1. The third kappa shape index (κ3) is 5.51. The minimum Gasteiger partial charge on any atom is -0.480 e. The fraction of sp³-hybridized carbons (Fsp3) is 0.318. The van der Waals surface area contributed by atoms with Gasteiger partial charge in [0.05, 0.1) is 5.92 Å². The van der Waals surface area contributed by atoms with E-state index in [1.54, 1.807) is 55.5 Å². The number of carbonyl (C=O) groups excluding carboxylic acids is 2. The molecule has 0 bridgehead atoms. The second-order valence-corrected chi connectivity index (χ2v) is 7.07. The summed E-state index contributed by atoms with van der Waals surface area (Å²) in [5, 5.41) is 11.9. The summed E-state index contributed by atoms with van der Waals surface area (Å²) in [5.74, 6) is -1.95. The van der Waals surface area contributed by atoms with Crippen molar-refractivity contribution >= 4 is 17.7 Å². The van der Waals surface area contributed by atoms with Gasteiger partial charge < -0.3 is 10.4 Å². The van der Waals surface area contributed by atoms with E-state index < -0.39 is 17.9 Å². The standard InChI is InChI=1S/C22H25NO4/c1-14(2)12-19(22(26)27)23-21(25)15(3)17-10-7-11-18(13-17)20(24)16-8-5-4-6-9-16/h4-11,13-15,19H,12H2,1-3H3,(H,23,25)(H,26,27)/t15-,19+/m1/s1. The molecule has 0 radical (unpaired) electrons. The summed E-state index contributed by atoms with van der Waals surface area (Å²) >= 11 is 0. The van der Waals surface area contributed by atoms with E-state index in [1.165, 1.54) is 0 Å². The molecular formula is C22H25NO4. The van der Waals surface area contributed by atoms with E-state index in [0.717, 1.165) is 0 Å². The number of nitrogens with one attached hydrogen (secondary N) is 1. The number of hydrogen-bond acceptors (Lipinski definition) is 3. The van der Waals surface area contributed by atoms with Gasteiger partial charge in [-0.3, -0.25) is 9.59 Å². The SMILES string of the molecule is CC(C)C[C@H](NC(=O)[C@H](C)c1cccc(C(=O)c2ccccc2)c1)C(=O)O. The van der Waals surface area contributed by atoms with Crippen molar-refractivity contribution in [1.82, 2.24) is 5.32 Å². The molecule has 1 amide bonds. The molecule has 27 heavy (non-hydrogen) atoms. The zero-order valence-corrected chi connectivity index (χ0v) is 15.8. The lowest BCUT2D eigenvalue weighted by Crippen LogP contribution is -2.43. The molecule has 0 fully saturated rings. The maximum absolute atomic E-state index is 12.6. The van der Waals surface area contributed by atoms with Crippen LogP contribution in [0.5, 0.6) is 0 Å². The van der Waals surface area contributed by atoms with Gasteiger partial charge in [0, 0.05) is 11.1 Å². The third-order valence-electron chi connectivity index (χ3n) is 4.40. The molecule has 0 aliphatic heterocycles. The lowest BCUT2D eigenvalue weighted by atomic mass is 9.94. The molecule has 0 heterocycles. The van der Waals surface area contributed by atoms with Crippen LogP contribution in [-0.4, -0.2) is 28.8 Å². The molecule has 2 aromatic carbocycles. The third-order valence-corrected chi connectivity index (χ3v) is 4.40. The fourth-order valence-electron chi connectivity index (χ4n) is 2.85. The summed E-state index contributed by atoms with van der Waals surface area (Å²) in [7, 11) is 0. The van der Waals surface area contributed by atoms with E-state index in [9.17, 15) is 19.5 Å². The van der Waals surface area contributed by atoms with Crippen LogP contribution in [0.1, 0.15) is 54.6 Å². The van der Waals surface area contributed by atoms with Crippen molar-refractivity contribution in [2.45, 2.75) is 39.2 Å². The van der Waals surface area contributed by atoms with Gasteiger partial charge in [-0.1, -0.05) is 62.4 Å². The summed E-state index contributed by atoms with van der Waals surface area (Å²) in [6, 6.07) is 14.9. The lowest BCUT2D eigenvalue weighted by Gasteiger charge is -2.19.